The Hall–Kier alpha value is -1.64. The van der Waals surface area contributed by atoms with Gasteiger partial charge in [-0.1, -0.05) is 74.0 Å². The van der Waals surface area contributed by atoms with Crippen LogP contribution in [-0.4, -0.2) is 29.7 Å². The van der Waals surface area contributed by atoms with Crippen molar-refractivity contribution in [2.75, 3.05) is 13.6 Å². The van der Waals surface area contributed by atoms with Gasteiger partial charge in [0, 0.05) is 6.54 Å². The quantitative estimate of drug-likeness (QED) is 0.834. The molecule has 0 radical (unpaired) electrons. The lowest BCUT2D eigenvalue weighted by atomic mass is 9.97. The van der Waals surface area contributed by atoms with Crippen LogP contribution in [0.5, 0.6) is 0 Å². The largest absolute Gasteiger partial charge is 0.392 e. The first-order valence-electron chi connectivity index (χ1n) is 7.70. The Bertz CT molecular complexity index is 472. The highest BCUT2D eigenvalue weighted by Gasteiger charge is 2.20. The van der Waals surface area contributed by atoms with Gasteiger partial charge in [0.2, 0.25) is 0 Å². The highest BCUT2D eigenvalue weighted by atomic mass is 16.3. The summed E-state index contributed by atoms with van der Waals surface area (Å²) in [6.45, 7) is 2.79. The first kappa shape index (κ1) is 15.7. The van der Waals surface area contributed by atoms with Gasteiger partial charge in [0.15, 0.2) is 0 Å². The minimum absolute atomic E-state index is 0.180. The maximum atomic E-state index is 10.1. The van der Waals surface area contributed by atoms with Gasteiger partial charge in [0.1, 0.15) is 0 Å². The minimum Gasteiger partial charge on any atom is -0.392 e. The van der Waals surface area contributed by atoms with Crippen LogP contribution in [0, 0.1) is 0 Å². The molecule has 0 saturated carbocycles. The summed E-state index contributed by atoms with van der Waals surface area (Å²) in [6.07, 6.45) is 1.59. The lowest BCUT2D eigenvalue weighted by molar-refractivity contribution is 0.105. The van der Waals surface area contributed by atoms with E-state index < -0.39 is 0 Å². The molecule has 2 aromatic rings. The molecule has 0 aromatic heterocycles. The summed E-state index contributed by atoms with van der Waals surface area (Å²) in [7, 11) is 2.09. The van der Waals surface area contributed by atoms with Crippen molar-refractivity contribution in [3.63, 3.8) is 0 Å². The van der Waals surface area contributed by atoms with Crippen LogP contribution in [0.2, 0.25) is 0 Å². The number of aliphatic hydroxyl groups is 1. The van der Waals surface area contributed by atoms with E-state index >= 15 is 0 Å². The van der Waals surface area contributed by atoms with Crippen LogP contribution in [0.3, 0.4) is 0 Å². The van der Waals surface area contributed by atoms with Gasteiger partial charge in [-0.3, -0.25) is 4.90 Å². The number of aliphatic hydroxyl groups excluding tert-OH is 1. The van der Waals surface area contributed by atoms with Crippen molar-refractivity contribution in [1.29, 1.82) is 0 Å². The highest BCUT2D eigenvalue weighted by Crippen LogP contribution is 2.27. The number of likely N-dealkylation sites (N-methyl/N-ethyl adjacent to an activating group) is 1. The fraction of sp³-hybridized carbons (Fsp3) is 0.368. The summed E-state index contributed by atoms with van der Waals surface area (Å²) in [5, 5.41) is 10.1. The predicted molar refractivity (Wildman–Crippen MR) is 88.3 cm³/mol. The molecule has 2 nitrogen and oxygen atoms in total. The van der Waals surface area contributed by atoms with E-state index in [-0.39, 0.29) is 12.1 Å². The molecule has 21 heavy (non-hydrogen) atoms. The number of hydrogen-bond donors (Lipinski definition) is 1. The Morgan fingerprint density at radius 2 is 1.38 bits per heavy atom. The van der Waals surface area contributed by atoms with E-state index in [1.807, 2.05) is 12.1 Å². The van der Waals surface area contributed by atoms with Gasteiger partial charge in [0.25, 0.3) is 0 Å². The van der Waals surface area contributed by atoms with Crippen LogP contribution in [0.15, 0.2) is 60.7 Å². The van der Waals surface area contributed by atoms with E-state index in [0.29, 0.717) is 6.54 Å². The molecule has 2 rings (SSSR count). The molecule has 0 aliphatic rings. The normalized spacial score (nSPS) is 12.8. The Morgan fingerprint density at radius 3 is 1.81 bits per heavy atom. The van der Waals surface area contributed by atoms with Gasteiger partial charge >= 0.3 is 0 Å². The van der Waals surface area contributed by atoms with Crippen molar-refractivity contribution in [2.45, 2.75) is 31.9 Å². The molecule has 0 amide bonds. The molecule has 0 bridgehead atoms. The number of nitrogens with zero attached hydrogens (tertiary/aromatic N) is 1. The first-order chi connectivity index (χ1) is 10.2. The number of hydrogen-bond acceptors (Lipinski definition) is 2. The van der Waals surface area contributed by atoms with Gasteiger partial charge in [0.05, 0.1) is 12.1 Å². The molecule has 2 aromatic carbocycles. The monoisotopic (exact) mass is 283 g/mol. The zero-order chi connectivity index (χ0) is 15.1. The number of rotatable bonds is 7. The van der Waals surface area contributed by atoms with Gasteiger partial charge < -0.3 is 5.11 Å². The lowest BCUT2D eigenvalue weighted by Crippen LogP contribution is -2.33. The molecular formula is C19H25NO. The van der Waals surface area contributed by atoms with Crippen molar-refractivity contribution in [1.82, 2.24) is 4.90 Å². The van der Waals surface area contributed by atoms with Gasteiger partial charge in [-0.05, 0) is 24.6 Å². The van der Waals surface area contributed by atoms with E-state index in [1.54, 1.807) is 0 Å². The highest BCUT2D eigenvalue weighted by molar-refractivity contribution is 5.31. The van der Waals surface area contributed by atoms with Gasteiger partial charge in [-0.25, -0.2) is 0 Å². The standard InChI is InChI=1S/C19H25NO/c1-3-10-18(21)15-20(2)19(16-11-6-4-7-12-16)17-13-8-5-9-14-17/h4-9,11-14,18-19,21H,3,10,15H2,1-2H3. The molecule has 1 N–H and O–H groups in total. The van der Waals surface area contributed by atoms with Crippen LogP contribution < -0.4 is 0 Å². The smallest absolute Gasteiger partial charge is 0.0667 e. The van der Waals surface area contributed by atoms with E-state index in [1.165, 1.54) is 11.1 Å². The van der Waals surface area contributed by atoms with E-state index in [4.69, 9.17) is 0 Å². The summed E-state index contributed by atoms with van der Waals surface area (Å²) < 4.78 is 0. The molecule has 0 fully saturated rings. The van der Waals surface area contributed by atoms with Crippen molar-refractivity contribution < 1.29 is 5.11 Å². The third kappa shape index (κ3) is 4.42. The summed E-state index contributed by atoms with van der Waals surface area (Å²) in [4.78, 5) is 2.24. The molecule has 0 saturated heterocycles. The summed E-state index contributed by atoms with van der Waals surface area (Å²) >= 11 is 0. The second-order valence-electron chi connectivity index (χ2n) is 5.61. The fourth-order valence-corrected chi connectivity index (χ4v) is 2.83. The third-order valence-corrected chi connectivity index (χ3v) is 3.79. The van der Waals surface area contributed by atoms with Crippen molar-refractivity contribution >= 4 is 0 Å². The molecular weight excluding hydrogens is 258 g/mol. The zero-order valence-electron chi connectivity index (χ0n) is 12.9. The number of benzene rings is 2. The maximum Gasteiger partial charge on any atom is 0.0667 e. The topological polar surface area (TPSA) is 23.5 Å². The Balaban J connectivity index is 2.24. The van der Waals surface area contributed by atoms with E-state index in [9.17, 15) is 5.11 Å². The Morgan fingerprint density at radius 1 is 0.905 bits per heavy atom. The van der Waals surface area contributed by atoms with Crippen LogP contribution in [0.1, 0.15) is 36.9 Å². The van der Waals surface area contributed by atoms with Gasteiger partial charge in [-0.2, -0.15) is 0 Å². The summed E-state index contributed by atoms with van der Waals surface area (Å²) in [5.74, 6) is 0. The van der Waals surface area contributed by atoms with E-state index in [0.717, 1.165) is 12.8 Å². The molecule has 0 aliphatic heterocycles. The first-order valence-corrected chi connectivity index (χ1v) is 7.70. The van der Waals surface area contributed by atoms with Crippen LogP contribution in [0.25, 0.3) is 0 Å². The Kier molecular flexibility index (Phi) is 5.97. The van der Waals surface area contributed by atoms with E-state index in [2.05, 4.69) is 67.4 Å². The molecule has 0 spiro atoms. The van der Waals surface area contributed by atoms with Crippen LogP contribution in [0.4, 0.5) is 0 Å². The minimum atomic E-state index is -0.269. The molecule has 1 unspecified atom stereocenters. The zero-order valence-corrected chi connectivity index (χ0v) is 12.9. The maximum absolute atomic E-state index is 10.1. The second-order valence-corrected chi connectivity index (χ2v) is 5.61. The van der Waals surface area contributed by atoms with Crippen LogP contribution in [-0.2, 0) is 0 Å². The molecule has 1 atom stereocenters. The summed E-state index contributed by atoms with van der Waals surface area (Å²) in [5.41, 5.74) is 2.52. The second kappa shape index (κ2) is 7.96. The average Bonchev–Trinajstić information content (AvgIpc) is 2.50. The van der Waals surface area contributed by atoms with Crippen molar-refractivity contribution in [3.8, 4) is 0 Å². The predicted octanol–water partition coefficient (Wildman–Crippen LogP) is 3.87. The van der Waals surface area contributed by atoms with Gasteiger partial charge in [-0.15, -0.1) is 0 Å². The molecule has 0 heterocycles. The van der Waals surface area contributed by atoms with Crippen molar-refractivity contribution in [2.24, 2.45) is 0 Å². The average molecular weight is 283 g/mol. The lowest BCUT2D eigenvalue weighted by Gasteiger charge is -2.30. The molecule has 2 heteroatoms. The Labute approximate surface area is 128 Å². The third-order valence-electron chi connectivity index (χ3n) is 3.79. The van der Waals surface area contributed by atoms with Crippen molar-refractivity contribution in [3.05, 3.63) is 71.8 Å². The fourth-order valence-electron chi connectivity index (χ4n) is 2.83. The molecule has 0 aliphatic carbocycles. The molecule has 112 valence electrons. The van der Waals surface area contributed by atoms with Crippen LogP contribution >= 0.6 is 0 Å². The summed E-state index contributed by atoms with van der Waals surface area (Å²) in [6, 6.07) is 21.2. The SMILES string of the molecule is CCCC(O)CN(C)C(c1ccccc1)c1ccccc1.